The average molecular weight is 211 g/mol. The van der Waals surface area contributed by atoms with E-state index in [1.165, 1.54) is 30.8 Å². The lowest BCUT2D eigenvalue weighted by molar-refractivity contribution is 0.333. The maximum Gasteiger partial charge on any atom is 0.202 e. The molecule has 4 heteroatoms. The Morgan fingerprint density at radius 3 is 2.79 bits per heavy atom. The summed E-state index contributed by atoms with van der Waals surface area (Å²) < 4.78 is 4.31. The molecule has 1 aliphatic rings. The van der Waals surface area contributed by atoms with Crippen molar-refractivity contribution < 1.29 is 0 Å². The van der Waals surface area contributed by atoms with Gasteiger partial charge in [0, 0.05) is 24.0 Å². The Bertz CT molecular complexity index is 291. The van der Waals surface area contributed by atoms with E-state index in [4.69, 9.17) is 0 Å². The summed E-state index contributed by atoms with van der Waals surface area (Å²) in [6, 6.07) is 0. The molecule has 1 aliphatic carbocycles. The molecule has 0 unspecified atom stereocenters. The number of anilines is 1. The van der Waals surface area contributed by atoms with Crippen molar-refractivity contribution >= 4 is 16.7 Å². The van der Waals surface area contributed by atoms with Crippen molar-refractivity contribution in [1.82, 2.24) is 9.36 Å². The monoisotopic (exact) mass is 211 g/mol. The Labute approximate surface area is 89.1 Å². The van der Waals surface area contributed by atoms with E-state index in [9.17, 15) is 0 Å². The smallest absolute Gasteiger partial charge is 0.202 e. The van der Waals surface area contributed by atoms with Gasteiger partial charge in [0.1, 0.15) is 5.82 Å². The molecular weight excluding hydrogens is 194 g/mol. The molecule has 0 spiro atoms. The number of hydrogen-bond donors (Lipinski definition) is 1. The highest BCUT2D eigenvalue weighted by Gasteiger charge is 2.17. The van der Waals surface area contributed by atoms with Crippen molar-refractivity contribution in [1.29, 1.82) is 0 Å². The predicted octanol–water partition coefficient (Wildman–Crippen LogP) is 2.87. The van der Waals surface area contributed by atoms with Crippen LogP contribution >= 0.6 is 11.5 Å². The fourth-order valence-corrected chi connectivity index (χ4v) is 2.18. The number of nitrogens with zero attached hydrogens (tertiary/aromatic N) is 2. The van der Waals surface area contributed by atoms with Gasteiger partial charge in [-0.3, -0.25) is 0 Å². The minimum Gasteiger partial charge on any atom is -0.360 e. The Morgan fingerprint density at radius 2 is 2.29 bits per heavy atom. The van der Waals surface area contributed by atoms with Gasteiger partial charge in [-0.1, -0.05) is 20.3 Å². The van der Waals surface area contributed by atoms with Crippen LogP contribution in [0.2, 0.25) is 0 Å². The van der Waals surface area contributed by atoms with Crippen LogP contribution in [0.25, 0.3) is 0 Å². The van der Waals surface area contributed by atoms with Gasteiger partial charge in [0.05, 0.1) is 0 Å². The molecule has 1 heterocycles. The Hall–Kier alpha value is -0.640. The summed E-state index contributed by atoms with van der Waals surface area (Å²) in [5.74, 6) is 2.28. The van der Waals surface area contributed by atoms with Crippen LogP contribution in [0, 0.1) is 5.92 Å². The van der Waals surface area contributed by atoms with Gasteiger partial charge in [0.2, 0.25) is 5.13 Å². The van der Waals surface area contributed by atoms with Crippen LogP contribution in [0.4, 0.5) is 5.13 Å². The van der Waals surface area contributed by atoms with Gasteiger partial charge in [-0.05, 0) is 18.8 Å². The molecule has 0 amide bonds. The van der Waals surface area contributed by atoms with Gasteiger partial charge in [-0.25, -0.2) is 4.98 Å². The molecule has 14 heavy (non-hydrogen) atoms. The zero-order chi connectivity index (χ0) is 9.97. The van der Waals surface area contributed by atoms with Crippen LogP contribution < -0.4 is 5.32 Å². The highest BCUT2D eigenvalue weighted by Crippen LogP contribution is 2.27. The first-order valence-corrected chi connectivity index (χ1v) is 6.10. The van der Waals surface area contributed by atoms with Gasteiger partial charge in [-0.2, -0.15) is 4.37 Å². The second-order valence-electron chi connectivity index (χ2n) is 4.29. The van der Waals surface area contributed by atoms with E-state index in [2.05, 4.69) is 28.5 Å². The second kappa shape index (κ2) is 4.26. The summed E-state index contributed by atoms with van der Waals surface area (Å²) in [4.78, 5) is 4.44. The molecule has 1 aromatic heterocycles. The lowest BCUT2D eigenvalue weighted by atomic mass is 9.86. The summed E-state index contributed by atoms with van der Waals surface area (Å²) in [7, 11) is 0. The van der Waals surface area contributed by atoms with Crippen LogP contribution in [0.5, 0.6) is 0 Å². The molecule has 78 valence electrons. The molecule has 2 rings (SSSR count). The molecule has 3 nitrogen and oxygen atoms in total. The number of rotatable bonds is 4. The van der Waals surface area contributed by atoms with Crippen molar-refractivity contribution in [3.8, 4) is 0 Å². The van der Waals surface area contributed by atoms with Crippen LogP contribution in [0.3, 0.4) is 0 Å². The third kappa shape index (κ3) is 2.23. The van der Waals surface area contributed by atoms with Crippen LogP contribution in [0.1, 0.15) is 44.9 Å². The molecule has 0 saturated heterocycles. The van der Waals surface area contributed by atoms with Gasteiger partial charge < -0.3 is 5.32 Å². The molecule has 0 aliphatic heterocycles. The lowest BCUT2D eigenvalue weighted by Crippen LogP contribution is -2.20. The summed E-state index contributed by atoms with van der Waals surface area (Å²) >= 11 is 1.48. The quantitative estimate of drug-likeness (QED) is 0.832. The first-order valence-electron chi connectivity index (χ1n) is 5.33. The van der Waals surface area contributed by atoms with Crippen molar-refractivity contribution in [2.45, 2.75) is 39.0 Å². The van der Waals surface area contributed by atoms with Gasteiger partial charge in [0.15, 0.2) is 0 Å². The molecule has 1 N–H and O–H groups in total. The van der Waals surface area contributed by atoms with Crippen LogP contribution in [-0.2, 0) is 0 Å². The van der Waals surface area contributed by atoms with Gasteiger partial charge in [0.25, 0.3) is 0 Å². The highest BCUT2D eigenvalue weighted by atomic mass is 32.1. The summed E-state index contributed by atoms with van der Waals surface area (Å²) in [5, 5.41) is 4.35. The Kier molecular flexibility index (Phi) is 3.01. The summed E-state index contributed by atoms with van der Waals surface area (Å²) in [6.07, 6.45) is 4.16. The third-order valence-corrected chi connectivity index (χ3v) is 3.41. The number of hydrogen-bond acceptors (Lipinski definition) is 4. The minimum atomic E-state index is 0.436. The first-order chi connectivity index (χ1) is 6.75. The van der Waals surface area contributed by atoms with Crippen LogP contribution in [0.15, 0.2) is 0 Å². The first kappa shape index (κ1) is 9.90. The molecule has 0 bridgehead atoms. The zero-order valence-electron chi connectivity index (χ0n) is 8.79. The topological polar surface area (TPSA) is 37.8 Å². The van der Waals surface area contributed by atoms with Crippen molar-refractivity contribution in [2.75, 3.05) is 11.9 Å². The van der Waals surface area contributed by atoms with E-state index >= 15 is 0 Å². The highest BCUT2D eigenvalue weighted by molar-refractivity contribution is 7.09. The molecule has 1 fully saturated rings. The van der Waals surface area contributed by atoms with E-state index in [-0.39, 0.29) is 0 Å². The normalized spacial score (nSPS) is 17.1. The van der Waals surface area contributed by atoms with E-state index in [1.54, 1.807) is 0 Å². The molecule has 0 aromatic carbocycles. The number of nitrogens with one attached hydrogen (secondary N) is 1. The fraction of sp³-hybridized carbons (Fsp3) is 0.800. The Morgan fingerprint density at radius 1 is 1.50 bits per heavy atom. The molecule has 1 saturated carbocycles. The van der Waals surface area contributed by atoms with Gasteiger partial charge >= 0.3 is 0 Å². The number of aromatic nitrogens is 2. The minimum absolute atomic E-state index is 0.436. The average Bonchev–Trinajstić information content (AvgIpc) is 2.50. The van der Waals surface area contributed by atoms with E-state index in [0.29, 0.717) is 5.92 Å². The van der Waals surface area contributed by atoms with E-state index in [1.807, 2.05) is 0 Å². The van der Waals surface area contributed by atoms with E-state index < -0.39 is 0 Å². The SMILES string of the molecule is CC(C)c1nsc(NCC2CCC2)n1. The largest absolute Gasteiger partial charge is 0.360 e. The standard InChI is InChI=1S/C10H17N3S/c1-7(2)9-12-10(14-13-9)11-6-8-4-3-5-8/h7-8H,3-6H2,1-2H3,(H,11,12,13). The molecule has 0 radical (unpaired) electrons. The van der Waals surface area contributed by atoms with E-state index in [0.717, 1.165) is 23.4 Å². The van der Waals surface area contributed by atoms with Crippen LogP contribution in [-0.4, -0.2) is 15.9 Å². The molecule has 1 aromatic rings. The molecule has 0 atom stereocenters. The molecular formula is C10H17N3S. The Balaban J connectivity index is 1.83. The lowest BCUT2D eigenvalue weighted by Gasteiger charge is -2.24. The maximum atomic E-state index is 4.44. The van der Waals surface area contributed by atoms with Gasteiger partial charge in [-0.15, -0.1) is 0 Å². The summed E-state index contributed by atoms with van der Waals surface area (Å²) in [5.41, 5.74) is 0. The predicted molar refractivity (Wildman–Crippen MR) is 59.8 cm³/mol. The van der Waals surface area contributed by atoms with Crippen molar-refractivity contribution in [3.63, 3.8) is 0 Å². The zero-order valence-corrected chi connectivity index (χ0v) is 9.60. The third-order valence-electron chi connectivity index (χ3n) is 2.72. The van der Waals surface area contributed by atoms with Crippen molar-refractivity contribution in [3.05, 3.63) is 5.82 Å². The van der Waals surface area contributed by atoms with Crippen molar-refractivity contribution in [2.24, 2.45) is 5.92 Å². The maximum absolute atomic E-state index is 4.44. The fourth-order valence-electron chi connectivity index (χ4n) is 1.47. The second-order valence-corrected chi connectivity index (χ2v) is 5.04. The summed E-state index contributed by atoms with van der Waals surface area (Å²) in [6.45, 7) is 5.32.